The van der Waals surface area contributed by atoms with Gasteiger partial charge in [-0.25, -0.2) is 0 Å². The summed E-state index contributed by atoms with van der Waals surface area (Å²) >= 11 is 5.83. The Morgan fingerprint density at radius 3 is 2.43 bits per heavy atom. The van der Waals surface area contributed by atoms with E-state index in [-0.39, 0.29) is 17.6 Å². The van der Waals surface area contributed by atoms with Gasteiger partial charge < -0.3 is 15.1 Å². The van der Waals surface area contributed by atoms with E-state index in [4.69, 9.17) is 16.0 Å². The van der Waals surface area contributed by atoms with Crippen molar-refractivity contribution in [2.45, 2.75) is 26.4 Å². The SMILES string of the molecule is CC(C)C(NC(=O)c1ccco1)C(=O)NCc1ccc(Cl)cc1. The van der Waals surface area contributed by atoms with Crippen molar-refractivity contribution in [1.82, 2.24) is 10.6 Å². The molecule has 0 aliphatic rings. The van der Waals surface area contributed by atoms with Crippen LogP contribution in [0.4, 0.5) is 0 Å². The highest BCUT2D eigenvalue weighted by Crippen LogP contribution is 2.10. The number of nitrogens with one attached hydrogen (secondary N) is 2. The number of hydrogen-bond acceptors (Lipinski definition) is 3. The van der Waals surface area contributed by atoms with Gasteiger partial charge in [0.25, 0.3) is 5.91 Å². The molecule has 0 saturated carbocycles. The Bertz CT molecular complexity index is 651. The maximum absolute atomic E-state index is 12.3. The molecular formula is C17H19ClN2O3. The molecule has 2 amide bonds. The predicted octanol–water partition coefficient (Wildman–Crippen LogP) is 3.00. The van der Waals surface area contributed by atoms with Crippen molar-refractivity contribution in [2.75, 3.05) is 0 Å². The molecule has 0 bridgehead atoms. The quantitative estimate of drug-likeness (QED) is 0.853. The Morgan fingerprint density at radius 2 is 1.87 bits per heavy atom. The predicted molar refractivity (Wildman–Crippen MR) is 88.1 cm³/mol. The minimum atomic E-state index is -0.639. The van der Waals surface area contributed by atoms with Crippen molar-refractivity contribution in [3.8, 4) is 0 Å². The summed E-state index contributed by atoms with van der Waals surface area (Å²) < 4.78 is 5.04. The van der Waals surface area contributed by atoms with Gasteiger partial charge in [-0.05, 0) is 35.7 Å². The standard InChI is InChI=1S/C17H19ClN2O3/c1-11(2)15(20-16(21)14-4-3-9-23-14)17(22)19-10-12-5-7-13(18)8-6-12/h3-9,11,15H,10H2,1-2H3,(H,19,22)(H,20,21). The summed E-state index contributed by atoms with van der Waals surface area (Å²) in [7, 11) is 0. The molecule has 0 spiro atoms. The van der Waals surface area contributed by atoms with Crippen LogP contribution in [0.15, 0.2) is 47.1 Å². The van der Waals surface area contributed by atoms with Crippen LogP contribution >= 0.6 is 11.6 Å². The second-order valence-electron chi connectivity index (χ2n) is 5.52. The second kappa shape index (κ2) is 7.83. The topological polar surface area (TPSA) is 71.3 Å². The fourth-order valence-corrected chi connectivity index (χ4v) is 2.18. The van der Waals surface area contributed by atoms with Crippen LogP contribution in [0.5, 0.6) is 0 Å². The smallest absolute Gasteiger partial charge is 0.287 e. The van der Waals surface area contributed by atoms with Crippen LogP contribution < -0.4 is 10.6 Å². The molecule has 1 unspecified atom stereocenters. The number of carbonyl (C=O) groups excluding carboxylic acids is 2. The van der Waals surface area contributed by atoms with Gasteiger partial charge >= 0.3 is 0 Å². The first-order chi connectivity index (χ1) is 11.0. The Hall–Kier alpha value is -2.27. The average Bonchev–Trinajstić information content (AvgIpc) is 3.05. The first-order valence-corrected chi connectivity index (χ1v) is 7.71. The average molecular weight is 335 g/mol. The van der Waals surface area contributed by atoms with E-state index < -0.39 is 11.9 Å². The van der Waals surface area contributed by atoms with Crippen LogP contribution in [0.1, 0.15) is 30.0 Å². The van der Waals surface area contributed by atoms with E-state index in [0.29, 0.717) is 11.6 Å². The van der Waals surface area contributed by atoms with Gasteiger partial charge in [0.1, 0.15) is 6.04 Å². The van der Waals surface area contributed by atoms with Crippen molar-refractivity contribution in [3.63, 3.8) is 0 Å². The Balaban J connectivity index is 1.95. The molecule has 2 N–H and O–H groups in total. The van der Waals surface area contributed by atoms with Gasteiger partial charge in [0.15, 0.2) is 5.76 Å². The monoisotopic (exact) mass is 334 g/mol. The molecule has 0 fully saturated rings. The van der Waals surface area contributed by atoms with E-state index in [1.807, 2.05) is 26.0 Å². The van der Waals surface area contributed by atoms with E-state index in [2.05, 4.69) is 10.6 Å². The summed E-state index contributed by atoms with van der Waals surface area (Å²) in [4.78, 5) is 24.4. The second-order valence-corrected chi connectivity index (χ2v) is 5.95. The molecule has 122 valence electrons. The zero-order chi connectivity index (χ0) is 16.8. The first kappa shape index (κ1) is 17.1. The Morgan fingerprint density at radius 1 is 1.17 bits per heavy atom. The zero-order valence-electron chi connectivity index (χ0n) is 13.0. The van der Waals surface area contributed by atoms with Crippen molar-refractivity contribution in [2.24, 2.45) is 5.92 Å². The number of amides is 2. The van der Waals surface area contributed by atoms with Crippen LogP contribution in [0, 0.1) is 5.92 Å². The van der Waals surface area contributed by atoms with E-state index in [9.17, 15) is 9.59 Å². The number of halogens is 1. The number of furan rings is 1. The summed E-state index contributed by atoms with van der Waals surface area (Å²) in [5.41, 5.74) is 0.933. The molecule has 2 rings (SSSR count). The lowest BCUT2D eigenvalue weighted by Crippen LogP contribution is -2.49. The van der Waals surface area contributed by atoms with Crippen molar-refractivity contribution in [3.05, 3.63) is 59.0 Å². The summed E-state index contributed by atoms with van der Waals surface area (Å²) in [5, 5.41) is 6.17. The number of rotatable bonds is 6. The third kappa shape index (κ3) is 4.86. The summed E-state index contributed by atoms with van der Waals surface area (Å²) in [6.07, 6.45) is 1.42. The van der Waals surface area contributed by atoms with Crippen LogP contribution in [0.2, 0.25) is 5.02 Å². The van der Waals surface area contributed by atoms with E-state index >= 15 is 0 Å². The molecule has 1 aromatic heterocycles. The summed E-state index contributed by atoms with van der Waals surface area (Å²) in [6, 6.07) is 9.75. The molecule has 0 saturated heterocycles. The lowest BCUT2D eigenvalue weighted by atomic mass is 10.0. The molecule has 1 atom stereocenters. The highest BCUT2D eigenvalue weighted by molar-refractivity contribution is 6.30. The molecular weight excluding hydrogens is 316 g/mol. The van der Waals surface area contributed by atoms with Crippen LogP contribution in [-0.4, -0.2) is 17.9 Å². The van der Waals surface area contributed by atoms with Gasteiger partial charge in [-0.3, -0.25) is 9.59 Å². The molecule has 0 aliphatic heterocycles. The van der Waals surface area contributed by atoms with Crippen molar-refractivity contribution in [1.29, 1.82) is 0 Å². The minimum absolute atomic E-state index is 0.0564. The number of carbonyl (C=O) groups is 2. The number of hydrogen-bond donors (Lipinski definition) is 2. The molecule has 5 nitrogen and oxygen atoms in total. The fourth-order valence-electron chi connectivity index (χ4n) is 2.06. The maximum atomic E-state index is 12.3. The normalized spacial score (nSPS) is 12.0. The first-order valence-electron chi connectivity index (χ1n) is 7.34. The molecule has 1 aromatic carbocycles. The zero-order valence-corrected chi connectivity index (χ0v) is 13.8. The molecule has 1 heterocycles. The largest absolute Gasteiger partial charge is 0.459 e. The van der Waals surface area contributed by atoms with Gasteiger partial charge in [0, 0.05) is 11.6 Å². The third-order valence-corrected chi connectivity index (χ3v) is 3.61. The Labute approximate surface area is 140 Å². The van der Waals surface area contributed by atoms with Gasteiger partial charge in [-0.15, -0.1) is 0 Å². The lowest BCUT2D eigenvalue weighted by Gasteiger charge is -2.21. The van der Waals surface area contributed by atoms with Crippen LogP contribution in [0.3, 0.4) is 0 Å². The maximum Gasteiger partial charge on any atom is 0.287 e. The molecule has 23 heavy (non-hydrogen) atoms. The van der Waals surface area contributed by atoms with Crippen molar-refractivity contribution < 1.29 is 14.0 Å². The third-order valence-electron chi connectivity index (χ3n) is 3.36. The lowest BCUT2D eigenvalue weighted by molar-refractivity contribution is -0.124. The van der Waals surface area contributed by atoms with E-state index in [0.717, 1.165) is 5.56 Å². The molecule has 0 aliphatic carbocycles. The van der Waals surface area contributed by atoms with Crippen LogP contribution in [-0.2, 0) is 11.3 Å². The van der Waals surface area contributed by atoms with Crippen molar-refractivity contribution >= 4 is 23.4 Å². The van der Waals surface area contributed by atoms with Gasteiger partial charge in [-0.1, -0.05) is 37.6 Å². The molecule has 6 heteroatoms. The highest BCUT2D eigenvalue weighted by Gasteiger charge is 2.25. The molecule has 2 aromatic rings. The van der Waals surface area contributed by atoms with Gasteiger partial charge in [0.05, 0.1) is 6.26 Å². The summed E-state index contributed by atoms with van der Waals surface area (Å²) in [6.45, 7) is 4.11. The van der Waals surface area contributed by atoms with E-state index in [1.165, 1.54) is 6.26 Å². The van der Waals surface area contributed by atoms with E-state index in [1.54, 1.807) is 24.3 Å². The Kier molecular flexibility index (Phi) is 5.82. The summed E-state index contributed by atoms with van der Waals surface area (Å²) in [5.74, 6) is -0.523. The van der Waals surface area contributed by atoms with Crippen LogP contribution in [0.25, 0.3) is 0 Å². The van der Waals surface area contributed by atoms with Gasteiger partial charge in [0.2, 0.25) is 5.91 Å². The number of benzene rings is 1. The minimum Gasteiger partial charge on any atom is -0.459 e. The van der Waals surface area contributed by atoms with Gasteiger partial charge in [-0.2, -0.15) is 0 Å². The fraction of sp³-hybridized carbons (Fsp3) is 0.294. The molecule has 0 radical (unpaired) electrons. The highest BCUT2D eigenvalue weighted by atomic mass is 35.5.